The maximum absolute atomic E-state index is 11.3. The standard InChI is InChI=1S/C8H13NO/c9-7-4-2-5-1-3-6(7)8(5)10/h5-7H,1-4,9H2/t5-,6+,7+/m1/s1. The molecular formula is C8H13NO. The highest BCUT2D eigenvalue weighted by molar-refractivity contribution is 5.86. The van der Waals surface area contributed by atoms with Crippen LogP contribution in [0.3, 0.4) is 0 Å². The third-order valence-corrected chi connectivity index (χ3v) is 2.96. The van der Waals surface area contributed by atoms with E-state index in [1.54, 1.807) is 0 Å². The molecule has 2 aliphatic rings. The van der Waals surface area contributed by atoms with Gasteiger partial charge in [-0.15, -0.1) is 0 Å². The molecule has 0 aromatic carbocycles. The van der Waals surface area contributed by atoms with Crippen molar-refractivity contribution in [1.82, 2.24) is 0 Å². The molecule has 0 saturated heterocycles. The summed E-state index contributed by atoms with van der Waals surface area (Å²) in [5, 5.41) is 0. The Hall–Kier alpha value is -0.370. The van der Waals surface area contributed by atoms with Gasteiger partial charge in [0.05, 0.1) is 0 Å². The van der Waals surface area contributed by atoms with Crippen molar-refractivity contribution in [2.24, 2.45) is 17.6 Å². The van der Waals surface area contributed by atoms with Gasteiger partial charge in [-0.25, -0.2) is 0 Å². The second kappa shape index (κ2) is 2.06. The minimum atomic E-state index is 0.186. The molecule has 2 saturated carbocycles. The predicted molar refractivity (Wildman–Crippen MR) is 38.4 cm³/mol. The van der Waals surface area contributed by atoms with Crippen LogP contribution in [-0.4, -0.2) is 11.8 Å². The van der Waals surface area contributed by atoms with Crippen LogP contribution in [0.2, 0.25) is 0 Å². The van der Waals surface area contributed by atoms with Gasteiger partial charge in [0, 0.05) is 17.9 Å². The number of nitrogens with two attached hydrogens (primary N) is 1. The number of Topliss-reactive ketones (excluding diaryl/α,β-unsaturated/α-hetero) is 1. The minimum absolute atomic E-state index is 0.186. The van der Waals surface area contributed by atoms with E-state index in [2.05, 4.69) is 0 Å². The highest BCUT2D eigenvalue weighted by Crippen LogP contribution is 2.38. The van der Waals surface area contributed by atoms with E-state index in [1.165, 1.54) is 0 Å². The SMILES string of the molecule is N[C@H]1CC[C@H]2CC[C@@H]1C2=O. The van der Waals surface area contributed by atoms with E-state index in [0.717, 1.165) is 25.7 Å². The van der Waals surface area contributed by atoms with Gasteiger partial charge in [-0.3, -0.25) is 4.79 Å². The maximum atomic E-state index is 11.3. The van der Waals surface area contributed by atoms with Crippen molar-refractivity contribution in [2.45, 2.75) is 31.7 Å². The van der Waals surface area contributed by atoms with Gasteiger partial charge in [0.2, 0.25) is 0 Å². The Balaban J connectivity index is 2.20. The van der Waals surface area contributed by atoms with E-state index >= 15 is 0 Å². The Kier molecular flexibility index (Phi) is 1.31. The van der Waals surface area contributed by atoms with Crippen LogP contribution in [0, 0.1) is 11.8 Å². The summed E-state index contributed by atoms with van der Waals surface area (Å²) in [6.45, 7) is 0. The van der Waals surface area contributed by atoms with Crippen molar-refractivity contribution < 1.29 is 4.79 Å². The highest BCUT2D eigenvalue weighted by Gasteiger charge is 2.41. The number of hydrogen-bond acceptors (Lipinski definition) is 2. The van der Waals surface area contributed by atoms with Crippen molar-refractivity contribution >= 4 is 5.78 Å². The van der Waals surface area contributed by atoms with Gasteiger partial charge in [0.1, 0.15) is 5.78 Å². The van der Waals surface area contributed by atoms with Crippen LogP contribution in [0.25, 0.3) is 0 Å². The maximum Gasteiger partial charge on any atom is 0.140 e. The fourth-order valence-electron chi connectivity index (χ4n) is 2.27. The highest BCUT2D eigenvalue weighted by atomic mass is 16.1. The van der Waals surface area contributed by atoms with Gasteiger partial charge in [-0.05, 0) is 25.7 Å². The predicted octanol–water partition coefficient (Wildman–Crippen LogP) is 0.703. The number of fused-ring (bicyclic) bond motifs is 2. The molecule has 0 aromatic rings. The zero-order valence-corrected chi connectivity index (χ0v) is 6.05. The summed E-state index contributed by atoms with van der Waals surface area (Å²) in [5.74, 6) is 1.09. The smallest absolute Gasteiger partial charge is 0.140 e. The number of carbonyl (C=O) groups is 1. The van der Waals surface area contributed by atoms with Crippen molar-refractivity contribution in [1.29, 1.82) is 0 Å². The average molecular weight is 139 g/mol. The molecule has 2 aliphatic carbocycles. The zero-order valence-electron chi connectivity index (χ0n) is 6.05. The van der Waals surface area contributed by atoms with E-state index in [4.69, 9.17) is 5.73 Å². The van der Waals surface area contributed by atoms with Gasteiger partial charge < -0.3 is 5.73 Å². The molecule has 2 heteroatoms. The molecule has 2 rings (SSSR count). The zero-order chi connectivity index (χ0) is 7.14. The molecule has 0 amide bonds. The molecule has 0 aliphatic heterocycles. The lowest BCUT2D eigenvalue weighted by atomic mass is 9.84. The number of rotatable bonds is 0. The summed E-state index contributed by atoms with van der Waals surface area (Å²) < 4.78 is 0. The lowest BCUT2D eigenvalue weighted by Gasteiger charge is -2.23. The van der Waals surface area contributed by atoms with Gasteiger partial charge in [-0.2, -0.15) is 0 Å². The van der Waals surface area contributed by atoms with Crippen molar-refractivity contribution in [2.75, 3.05) is 0 Å². The van der Waals surface area contributed by atoms with Crippen LogP contribution < -0.4 is 5.73 Å². The third kappa shape index (κ3) is 0.717. The van der Waals surface area contributed by atoms with Gasteiger partial charge in [0.15, 0.2) is 0 Å². The van der Waals surface area contributed by atoms with Crippen molar-refractivity contribution in [3.63, 3.8) is 0 Å². The normalized spacial score (nSPS) is 46.1. The number of carbonyl (C=O) groups excluding carboxylic acids is 1. The first-order valence-corrected chi connectivity index (χ1v) is 4.08. The minimum Gasteiger partial charge on any atom is -0.327 e. The summed E-state index contributed by atoms with van der Waals surface area (Å²) in [7, 11) is 0. The van der Waals surface area contributed by atoms with E-state index < -0.39 is 0 Å². The largest absolute Gasteiger partial charge is 0.327 e. The molecule has 56 valence electrons. The lowest BCUT2D eigenvalue weighted by Crippen LogP contribution is -2.38. The molecule has 0 heterocycles. The molecular weight excluding hydrogens is 126 g/mol. The summed E-state index contributed by atoms with van der Waals surface area (Å²) in [5.41, 5.74) is 5.79. The fourth-order valence-corrected chi connectivity index (χ4v) is 2.27. The Labute approximate surface area is 60.8 Å². The van der Waals surface area contributed by atoms with Crippen molar-refractivity contribution in [3.8, 4) is 0 Å². The van der Waals surface area contributed by atoms with E-state index in [9.17, 15) is 4.79 Å². The van der Waals surface area contributed by atoms with Crippen LogP contribution in [0.1, 0.15) is 25.7 Å². The van der Waals surface area contributed by atoms with Crippen LogP contribution in [0.5, 0.6) is 0 Å². The second-order valence-corrected chi connectivity index (χ2v) is 3.52. The molecule has 0 radical (unpaired) electrons. The van der Waals surface area contributed by atoms with Gasteiger partial charge in [0.25, 0.3) is 0 Å². The van der Waals surface area contributed by atoms with Crippen LogP contribution >= 0.6 is 0 Å². The lowest BCUT2D eigenvalue weighted by molar-refractivity contribution is -0.126. The molecule has 0 unspecified atom stereocenters. The Morgan fingerprint density at radius 1 is 1.20 bits per heavy atom. The molecule has 0 aromatic heterocycles. The van der Waals surface area contributed by atoms with Crippen LogP contribution in [0.15, 0.2) is 0 Å². The second-order valence-electron chi connectivity index (χ2n) is 3.52. The van der Waals surface area contributed by atoms with Gasteiger partial charge >= 0.3 is 0 Å². The van der Waals surface area contributed by atoms with Gasteiger partial charge in [-0.1, -0.05) is 0 Å². The summed E-state index contributed by atoms with van der Waals surface area (Å²) >= 11 is 0. The summed E-state index contributed by atoms with van der Waals surface area (Å²) in [4.78, 5) is 11.3. The van der Waals surface area contributed by atoms with E-state index in [1.807, 2.05) is 0 Å². The fraction of sp³-hybridized carbons (Fsp3) is 0.875. The quantitative estimate of drug-likeness (QED) is 0.537. The summed E-state index contributed by atoms with van der Waals surface area (Å²) in [6.07, 6.45) is 4.29. The molecule has 2 nitrogen and oxygen atoms in total. The Morgan fingerprint density at radius 2 is 1.90 bits per heavy atom. The first kappa shape index (κ1) is 6.35. The number of hydrogen-bond donors (Lipinski definition) is 1. The number of ketones is 1. The van der Waals surface area contributed by atoms with E-state index in [-0.39, 0.29) is 12.0 Å². The summed E-state index contributed by atoms with van der Waals surface area (Å²) in [6, 6.07) is 0.186. The average Bonchev–Trinajstić information content (AvgIpc) is 2.13. The Bertz CT molecular complexity index is 167. The Morgan fingerprint density at radius 3 is 2.60 bits per heavy atom. The van der Waals surface area contributed by atoms with E-state index in [0.29, 0.717) is 11.7 Å². The molecule has 3 atom stereocenters. The monoisotopic (exact) mass is 139 g/mol. The van der Waals surface area contributed by atoms with Crippen LogP contribution in [0.4, 0.5) is 0 Å². The van der Waals surface area contributed by atoms with Crippen molar-refractivity contribution in [3.05, 3.63) is 0 Å². The topological polar surface area (TPSA) is 43.1 Å². The molecule has 2 fully saturated rings. The molecule has 2 N–H and O–H groups in total. The van der Waals surface area contributed by atoms with Crippen LogP contribution in [-0.2, 0) is 4.79 Å². The molecule has 2 bridgehead atoms. The first-order chi connectivity index (χ1) is 4.79. The molecule has 10 heavy (non-hydrogen) atoms. The first-order valence-electron chi connectivity index (χ1n) is 4.08. The molecule has 0 spiro atoms. The third-order valence-electron chi connectivity index (χ3n) is 2.96.